The molecule has 0 aliphatic carbocycles. The summed E-state index contributed by atoms with van der Waals surface area (Å²) in [7, 11) is 0. The Labute approximate surface area is 149 Å². The van der Waals surface area contributed by atoms with Gasteiger partial charge in [-0.05, 0) is 31.0 Å². The van der Waals surface area contributed by atoms with Crippen LogP contribution in [0.2, 0.25) is 0 Å². The Hall–Kier alpha value is -1.88. The molecule has 0 aliphatic heterocycles. The summed E-state index contributed by atoms with van der Waals surface area (Å²) in [5.41, 5.74) is 10.6. The van der Waals surface area contributed by atoms with Gasteiger partial charge in [0.1, 0.15) is 5.65 Å². The first-order valence-corrected chi connectivity index (χ1v) is 8.16. The van der Waals surface area contributed by atoms with Gasteiger partial charge in [-0.25, -0.2) is 4.98 Å². The average molecular weight is 345 g/mol. The van der Waals surface area contributed by atoms with Gasteiger partial charge in [0.25, 0.3) is 0 Å². The number of aryl methyl sites for hydroxylation is 1. The lowest BCUT2D eigenvalue weighted by atomic mass is 10.1. The summed E-state index contributed by atoms with van der Waals surface area (Å²) < 4.78 is 2.23. The van der Waals surface area contributed by atoms with Crippen LogP contribution in [0.4, 0.5) is 0 Å². The maximum atomic E-state index is 5.81. The van der Waals surface area contributed by atoms with Gasteiger partial charge in [0.15, 0.2) is 0 Å². The lowest BCUT2D eigenvalue weighted by Crippen LogP contribution is -2.31. The Morgan fingerprint density at radius 3 is 2.58 bits per heavy atom. The van der Waals surface area contributed by atoms with Gasteiger partial charge in [-0.2, -0.15) is 0 Å². The number of halogens is 1. The molecule has 0 aliphatic rings. The summed E-state index contributed by atoms with van der Waals surface area (Å²) >= 11 is 0. The second-order valence-corrected chi connectivity index (χ2v) is 5.91. The largest absolute Gasteiger partial charge is 0.329 e. The van der Waals surface area contributed by atoms with E-state index >= 15 is 0 Å². The van der Waals surface area contributed by atoms with Crippen molar-refractivity contribution in [3.8, 4) is 0 Å². The smallest absolute Gasteiger partial charge is 0.137 e. The van der Waals surface area contributed by atoms with Crippen molar-refractivity contribution < 1.29 is 0 Å². The lowest BCUT2D eigenvalue weighted by Gasteiger charge is -2.21. The zero-order valence-corrected chi connectivity index (χ0v) is 14.9. The van der Waals surface area contributed by atoms with Crippen LogP contribution < -0.4 is 5.73 Å². The Bertz CT molecular complexity index is 754. The molecule has 0 atom stereocenters. The second kappa shape index (κ2) is 8.83. The number of hydrogen-bond donors (Lipinski definition) is 1. The fourth-order valence-electron chi connectivity index (χ4n) is 3.00. The third-order valence-corrected chi connectivity index (χ3v) is 4.19. The second-order valence-electron chi connectivity index (χ2n) is 5.91. The van der Waals surface area contributed by atoms with E-state index in [1.165, 1.54) is 17.0 Å². The molecule has 0 bridgehead atoms. The number of imidazole rings is 1. The number of nitrogens with two attached hydrogens (primary N) is 1. The van der Waals surface area contributed by atoms with Crippen LogP contribution in [0.1, 0.15) is 17.0 Å². The van der Waals surface area contributed by atoms with Gasteiger partial charge < -0.3 is 10.1 Å². The molecule has 3 aromatic rings. The third kappa shape index (κ3) is 4.35. The number of fused-ring (bicyclic) bond motifs is 1. The highest BCUT2D eigenvalue weighted by Gasteiger charge is 2.10. The number of hydrogen-bond acceptors (Lipinski definition) is 3. The van der Waals surface area contributed by atoms with Crippen molar-refractivity contribution in [1.82, 2.24) is 14.3 Å². The molecule has 2 heterocycles. The summed E-state index contributed by atoms with van der Waals surface area (Å²) in [6.45, 7) is 5.56. The van der Waals surface area contributed by atoms with Gasteiger partial charge >= 0.3 is 0 Å². The molecule has 0 unspecified atom stereocenters. The van der Waals surface area contributed by atoms with Crippen LogP contribution in [0.5, 0.6) is 0 Å². The highest BCUT2D eigenvalue weighted by molar-refractivity contribution is 5.85. The third-order valence-electron chi connectivity index (χ3n) is 4.19. The molecular formula is C19H25ClN4. The summed E-state index contributed by atoms with van der Waals surface area (Å²) in [6, 6.07) is 16.8. The summed E-state index contributed by atoms with van der Waals surface area (Å²) in [4.78, 5) is 6.92. The van der Waals surface area contributed by atoms with E-state index < -0.39 is 0 Å². The molecule has 0 saturated heterocycles. The molecule has 3 rings (SSSR count). The topological polar surface area (TPSA) is 46.6 Å². The number of nitrogens with zero attached hydrogens (tertiary/aromatic N) is 3. The summed E-state index contributed by atoms with van der Waals surface area (Å²) in [5, 5.41) is 0. The SMILES string of the molecule is Cc1cccc2ncc(CN(CCN)CCc3ccccc3)n12.Cl. The van der Waals surface area contributed by atoms with Crippen LogP contribution in [0.3, 0.4) is 0 Å². The zero-order chi connectivity index (χ0) is 16.1. The standard InChI is InChI=1S/C19H24N4.ClH/c1-16-6-5-9-19-21-14-18(23(16)19)15-22(13-11-20)12-10-17-7-3-2-4-8-17;/h2-9,14H,10-13,15,20H2,1H3;1H. The quantitative estimate of drug-likeness (QED) is 0.716. The first kappa shape index (κ1) is 18.5. The van der Waals surface area contributed by atoms with Crippen LogP contribution in [0, 0.1) is 6.92 Å². The minimum absolute atomic E-state index is 0. The van der Waals surface area contributed by atoms with Gasteiger partial charge in [0, 0.05) is 31.9 Å². The van der Waals surface area contributed by atoms with Crippen LogP contribution >= 0.6 is 12.4 Å². The number of rotatable bonds is 7. The van der Waals surface area contributed by atoms with Crippen molar-refractivity contribution >= 4 is 18.1 Å². The van der Waals surface area contributed by atoms with E-state index in [1.807, 2.05) is 12.3 Å². The average Bonchev–Trinajstić information content (AvgIpc) is 2.98. The van der Waals surface area contributed by atoms with Gasteiger partial charge in [0.05, 0.1) is 11.9 Å². The molecule has 0 spiro atoms. The van der Waals surface area contributed by atoms with Crippen molar-refractivity contribution in [3.63, 3.8) is 0 Å². The molecule has 0 radical (unpaired) electrons. The predicted molar refractivity (Wildman–Crippen MR) is 102 cm³/mol. The van der Waals surface area contributed by atoms with Gasteiger partial charge in [-0.1, -0.05) is 36.4 Å². The fourth-order valence-corrected chi connectivity index (χ4v) is 3.00. The molecule has 2 aromatic heterocycles. The van der Waals surface area contributed by atoms with Crippen molar-refractivity contribution in [2.24, 2.45) is 5.73 Å². The van der Waals surface area contributed by atoms with Crippen molar-refractivity contribution in [1.29, 1.82) is 0 Å². The van der Waals surface area contributed by atoms with Crippen molar-refractivity contribution in [3.05, 3.63) is 71.7 Å². The van der Waals surface area contributed by atoms with Crippen LogP contribution in [-0.4, -0.2) is 33.9 Å². The van der Waals surface area contributed by atoms with Crippen molar-refractivity contribution in [2.75, 3.05) is 19.6 Å². The molecule has 2 N–H and O–H groups in total. The Balaban J connectivity index is 0.00000208. The van der Waals surface area contributed by atoms with E-state index in [2.05, 4.69) is 63.7 Å². The monoisotopic (exact) mass is 344 g/mol. The van der Waals surface area contributed by atoms with Gasteiger partial charge in [-0.15, -0.1) is 12.4 Å². The van der Waals surface area contributed by atoms with E-state index in [-0.39, 0.29) is 12.4 Å². The number of aromatic nitrogens is 2. The molecule has 0 saturated carbocycles. The van der Waals surface area contributed by atoms with E-state index in [9.17, 15) is 0 Å². The lowest BCUT2D eigenvalue weighted by molar-refractivity contribution is 0.272. The highest BCUT2D eigenvalue weighted by Crippen LogP contribution is 2.13. The molecule has 5 heteroatoms. The van der Waals surface area contributed by atoms with Crippen LogP contribution in [0.25, 0.3) is 5.65 Å². The highest BCUT2D eigenvalue weighted by atomic mass is 35.5. The summed E-state index contributed by atoms with van der Waals surface area (Å²) in [5.74, 6) is 0. The zero-order valence-electron chi connectivity index (χ0n) is 14.1. The minimum atomic E-state index is 0. The summed E-state index contributed by atoms with van der Waals surface area (Å²) in [6.07, 6.45) is 3.02. The molecule has 128 valence electrons. The van der Waals surface area contributed by atoms with Crippen LogP contribution in [0.15, 0.2) is 54.7 Å². The predicted octanol–water partition coefficient (Wildman–Crippen LogP) is 3.07. The van der Waals surface area contributed by atoms with Crippen molar-refractivity contribution in [2.45, 2.75) is 19.9 Å². The normalized spacial score (nSPS) is 11.0. The fraction of sp³-hybridized carbons (Fsp3) is 0.316. The Morgan fingerprint density at radius 1 is 1.04 bits per heavy atom. The maximum Gasteiger partial charge on any atom is 0.137 e. The Morgan fingerprint density at radius 2 is 1.83 bits per heavy atom. The number of pyridine rings is 1. The van der Waals surface area contributed by atoms with E-state index in [4.69, 9.17) is 5.73 Å². The molecule has 24 heavy (non-hydrogen) atoms. The maximum absolute atomic E-state index is 5.81. The van der Waals surface area contributed by atoms with E-state index in [0.29, 0.717) is 6.54 Å². The number of benzene rings is 1. The molecule has 0 fully saturated rings. The van der Waals surface area contributed by atoms with Gasteiger partial charge in [0.2, 0.25) is 0 Å². The van der Waals surface area contributed by atoms with E-state index in [0.717, 1.165) is 31.7 Å². The Kier molecular flexibility index (Phi) is 6.79. The van der Waals surface area contributed by atoms with Crippen LogP contribution in [-0.2, 0) is 13.0 Å². The van der Waals surface area contributed by atoms with E-state index in [1.54, 1.807) is 0 Å². The molecule has 4 nitrogen and oxygen atoms in total. The first-order chi connectivity index (χ1) is 11.3. The molecule has 0 amide bonds. The minimum Gasteiger partial charge on any atom is -0.329 e. The first-order valence-electron chi connectivity index (χ1n) is 8.16. The molecular weight excluding hydrogens is 320 g/mol. The molecule has 1 aromatic carbocycles. The van der Waals surface area contributed by atoms with Gasteiger partial charge in [-0.3, -0.25) is 4.90 Å².